The van der Waals surface area contributed by atoms with Crippen molar-refractivity contribution in [1.82, 2.24) is 10.2 Å². The van der Waals surface area contributed by atoms with E-state index in [0.717, 1.165) is 6.42 Å². The van der Waals surface area contributed by atoms with Crippen molar-refractivity contribution in [2.45, 2.75) is 56.1 Å². The minimum absolute atomic E-state index is 0.0358. The van der Waals surface area contributed by atoms with Crippen LogP contribution in [0.3, 0.4) is 0 Å². The molecular weight excluding hydrogens is 342 g/mol. The molecule has 0 saturated heterocycles. The molecule has 3 atom stereocenters. The van der Waals surface area contributed by atoms with Crippen molar-refractivity contribution >= 4 is 0 Å². The molecule has 0 amide bonds. The van der Waals surface area contributed by atoms with Crippen LogP contribution in [0.4, 0.5) is 0 Å². The molecule has 1 aliphatic heterocycles. The summed E-state index contributed by atoms with van der Waals surface area (Å²) in [7, 11) is 4.49. The molecule has 1 heterocycles. The Morgan fingerprint density at radius 3 is 2.50 bits per heavy atom. The van der Waals surface area contributed by atoms with E-state index in [9.17, 15) is 0 Å². The van der Waals surface area contributed by atoms with Gasteiger partial charge >= 0.3 is 0 Å². The average molecular weight is 378 g/mol. The van der Waals surface area contributed by atoms with Gasteiger partial charge in [-0.1, -0.05) is 54.6 Å². The molecule has 150 valence electrons. The Balaban J connectivity index is 1.56. The summed E-state index contributed by atoms with van der Waals surface area (Å²) in [6.45, 7) is 2.11. The molecule has 2 aliphatic carbocycles. The zero-order valence-corrected chi connectivity index (χ0v) is 17.6. The SMILES string of the molecule is C[C@H](N)CC1=CNC2(C3CCC(c4ccccc4)(N(C)C)CC3)C=CC=CC12. The molecule has 1 aromatic rings. The molecule has 3 N–H and O–H groups in total. The van der Waals surface area contributed by atoms with E-state index < -0.39 is 0 Å². The van der Waals surface area contributed by atoms with Crippen LogP contribution in [0.2, 0.25) is 0 Å². The van der Waals surface area contributed by atoms with Gasteiger partial charge in [-0.3, -0.25) is 4.90 Å². The fourth-order valence-corrected chi connectivity index (χ4v) is 5.91. The molecule has 0 bridgehead atoms. The second-order valence-electron chi connectivity index (χ2n) is 9.27. The average Bonchev–Trinajstić information content (AvgIpc) is 3.08. The minimum atomic E-state index is 0.0358. The monoisotopic (exact) mass is 377 g/mol. The van der Waals surface area contributed by atoms with Crippen molar-refractivity contribution in [3.05, 3.63) is 72.0 Å². The molecule has 3 heteroatoms. The first-order valence-corrected chi connectivity index (χ1v) is 10.8. The molecule has 4 rings (SSSR count). The van der Waals surface area contributed by atoms with Crippen LogP contribution in [0, 0.1) is 11.8 Å². The van der Waals surface area contributed by atoms with Gasteiger partial charge in [0.15, 0.2) is 0 Å². The molecule has 0 radical (unpaired) electrons. The standard InChI is InChI=1S/C25H35N3/c1-19(26)17-20-18-27-25(14-8-7-11-23(20)25)22-12-15-24(16-13-22,28(2)3)21-9-5-4-6-10-21/h4-11,14,18-19,22-23,27H,12-13,15-17,26H2,1-3H3/t19-,22?,23?,24?,25?/m0/s1. The van der Waals surface area contributed by atoms with Crippen LogP contribution in [0.5, 0.6) is 0 Å². The number of allylic oxidation sites excluding steroid dienone is 2. The summed E-state index contributed by atoms with van der Waals surface area (Å²) < 4.78 is 0. The molecular formula is C25H35N3. The zero-order chi connectivity index (χ0) is 19.8. The maximum absolute atomic E-state index is 6.13. The Morgan fingerprint density at radius 2 is 1.86 bits per heavy atom. The maximum Gasteiger partial charge on any atom is 0.0682 e. The Morgan fingerprint density at radius 1 is 1.14 bits per heavy atom. The highest BCUT2D eigenvalue weighted by Gasteiger charge is 2.50. The first-order valence-electron chi connectivity index (χ1n) is 10.8. The van der Waals surface area contributed by atoms with Crippen molar-refractivity contribution in [3.8, 4) is 0 Å². The van der Waals surface area contributed by atoms with Gasteiger partial charge in [-0.15, -0.1) is 0 Å². The van der Waals surface area contributed by atoms with Gasteiger partial charge < -0.3 is 11.1 Å². The quantitative estimate of drug-likeness (QED) is 0.802. The summed E-state index contributed by atoms with van der Waals surface area (Å²) in [6, 6.07) is 11.3. The van der Waals surface area contributed by atoms with Crippen molar-refractivity contribution < 1.29 is 0 Å². The third-order valence-corrected chi connectivity index (χ3v) is 7.42. The van der Waals surface area contributed by atoms with Crippen molar-refractivity contribution in [1.29, 1.82) is 0 Å². The maximum atomic E-state index is 6.13. The molecule has 1 aromatic carbocycles. The molecule has 0 aromatic heterocycles. The number of hydrogen-bond donors (Lipinski definition) is 2. The van der Waals surface area contributed by atoms with Gasteiger partial charge in [0.05, 0.1) is 5.54 Å². The lowest BCUT2D eigenvalue weighted by Gasteiger charge is -2.50. The van der Waals surface area contributed by atoms with Gasteiger partial charge in [0.1, 0.15) is 0 Å². The van der Waals surface area contributed by atoms with E-state index in [1.54, 1.807) is 0 Å². The summed E-state index contributed by atoms with van der Waals surface area (Å²) in [4.78, 5) is 2.45. The fraction of sp³-hybridized carbons (Fsp3) is 0.520. The van der Waals surface area contributed by atoms with Crippen molar-refractivity contribution in [2.24, 2.45) is 17.6 Å². The van der Waals surface area contributed by atoms with Gasteiger partial charge in [0, 0.05) is 17.5 Å². The van der Waals surface area contributed by atoms with E-state index >= 15 is 0 Å². The number of nitrogens with two attached hydrogens (primary N) is 1. The van der Waals surface area contributed by atoms with Crippen LogP contribution in [0.15, 0.2) is 66.4 Å². The predicted octanol–water partition coefficient (Wildman–Crippen LogP) is 4.34. The van der Waals surface area contributed by atoms with E-state index in [0.29, 0.717) is 11.8 Å². The summed E-state index contributed by atoms with van der Waals surface area (Å²) in [6.07, 6.45) is 17.4. The predicted molar refractivity (Wildman–Crippen MR) is 118 cm³/mol. The number of hydrogen-bond acceptors (Lipinski definition) is 3. The van der Waals surface area contributed by atoms with E-state index in [1.807, 2.05) is 0 Å². The number of rotatable bonds is 5. The summed E-state index contributed by atoms with van der Waals surface area (Å²) in [5.41, 5.74) is 9.24. The Bertz CT molecular complexity index is 766. The Kier molecular flexibility index (Phi) is 5.24. The number of benzene rings is 1. The highest BCUT2D eigenvalue weighted by Crippen LogP contribution is 2.51. The Labute approximate surface area is 170 Å². The largest absolute Gasteiger partial charge is 0.381 e. The highest BCUT2D eigenvalue weighted by atomic mass is 15.1. The first-order chi connectivity index (χ1) is 13.5. The van der Waals surface area contributed by atoms with Crippen LogP contribution < -0.4 is 11.1 Å². The number of nitrogens with zero attached hydrogens (tertiary/aromatic N) is 1. The van der Waals surface area contributed by atoms with Crippen molar-refractivity contribution in [2.75, 3.05) is 14.1 Å². The Hall–Kier alpha value is -1.84. The third-order valence-electron chi connectivity index (χ3n) is 7.42. The molecule has 1 saturated carbocycles. The van der Waals surface area contributed by atoms with Crippen LogP contribution >= 0.6 is 0 Å². The van der Waals surface area contributed by atoms with E-state index in [2.05, 4.69) is 92.1 Å². The van der Waals surface area contributed by atoms with E-state index in [-0.39, 0.29) is 17.1 Å². The topological polar surface area (TPSA) is 41.3 Å². The van der Waals surface area contributed by atoms with Gasteiger partial charge in [-0.25, -0.2) is 0 Å². The zero-order valence-electron chi connectivity index (χ0n) is 17.6. The lowest BCUT2D eigenvalue weighted by Crippen LogP contribution is -2.54. The molecule has 2 unspecified atom stereocenters. The second-order valence-corrected chi connectivity index (χ2v) is 9.27. The number of fused-ring (bicyclic) bond motifs is 1. The lowest BCUT2D eigenvalue weighted by atomic mass is 9.61. The minimum Gasteiger partial charge on any atom is -0.381 e. The van der Waals surface area contributed by atoms with Crippen LogP contribution in [0.1, 0.15) is 44.6 Å². The normalized spacial score (nSPS) is 35.4. The van der Waals surface area contributed by atoms with Crippen molar-refractivity contribution in [3.63, 3.8) is 0 Å². The van der Waals surface area contributed by atoms with E-state index in [4.69, 9.17) is 5.73 Å². The van der Waals surface area contributed by atoms with Crippen LogP contribution in [0.25, 0.3) is 0 Å². The molecule has 1 fully saturated rings. The highest BCUT2D eigenvalue weighted by molar-refractivity contribution is 5.39. The first kappa shape index (κ1) is 19.5. The van der Waals surface area contributed by atoms with Crippen LogP contribution in [-0.4, -0.2) is 30.6 Å². The van der Waals surface area contributed by atoms with Gasteiger partial charge in [0.2, 0.25) is 0 Å². The molecule has 3 nitrogen and oxygen atoms in total. The van der Waals surface area contributed by atoms with Crippen LogP contribution in [-0.2, 0) is 5.54 Å². The summed E-state index contributed by atoms with van der Waals surface area (Å²) in [5.74, 6) is 1.08. The molecule has 28 heavy (non-hydrogen) atoms. The second kappa shape index (κ2) is 7.53. The fourth-order valence-electron chi connectivity index (χ4n) is 5.91. The van der Waals surface area contributed by atoms with E-state index in [1.165, 1.54) is 36.8 Å². The van der Waals surface area contributed by atoms with Gasteiger partial charge in [-0.2, -0.15) is 0 Å². The smallest absolute Gasteiger partial charge is 0.0682 e. The third kappa shape index (κ3) is 3.15. The summed E-state index contributed by atoms with van der Waals surface area (Å²) in [5, 5.41) is 3.82. The molecule has 0 spiro atoms. The summed E-state index contributed by atoms with van der Waals surface area (Å²) >= 11 is 0. The van der Waals surface area contributed by atoms with Gasteiger partial charge in [-0.05, 0) is 76.4 Å². The number of nitrogens with one attached hydrogen (secondary N) is 1. The molecule has 3 aliphatic rings. The van der Waals surface area contributed by atoms with Gasteiger partial charge in [0.25, 0.3) is 0 Å². The lowest BCUT2D eigenvalue weighted by molar-refractivity contribution is 0.0541.